The number of halogens is 3. The van der Waals surface area contributed by atoms with Crippen molar-refractivity contribution in [1.29, 1.82) is 5.26 Å². The van der Waals surface area contributed by atoms with Crippen LogP contribution in [-0.2, 0) is 0 Å². The van der Waals surface area contributed by atoms with Gasteiger partial charge in [0, 0.05) is 23.3 Å². The molecule has 0 unspecified atom stereocenters. The van der Waals surface area contributed by atoms with E-state index in [0.29, 0.717) is 33.6 Å². The largest absolute Gasteiger partial charge is 0.491 e. The minimum Gasteiger partial charge on any atom is -0.491 e. The average molecular weight is 374 g/mol. The van der Waals surface area contributed by atoms with Gasteiger partial charge in [-0.05, 0) is 36.8 Å². The molecule has 4 nitrogen and oxygen atoms in total. The Kier molecular flexibility index (Phi) is 5.19. The summed E-state index contributed by atoms with van der Waals surface area (Å²) in [5, 5.41) is 13.2. The second-order valence-corrected chi connectivity index (χ2v) is 5.99. The van der Waals surface area contributed by atoms with E-state index in [-0.39, 0.29) is 11.6 Å². The maximum atomic E-state index is 13.4. The Labute approximate surface area is 154 Å². The Morgan fingerprint density at radius 1 is 1.31 bits per heavy atom. The number of hydrogen-bond donors (Lipinski definition) is 1. The molecule has 1 aromatic heterocycles. The average Bonchev–Trinajstić information content (AvgIpc) is 2.63. The highest BCUT2D eigenvalue weighted by Crippen LogP contribution is 2.33. The van der Waals surface area contributed by atoms with Gasteiger partial charge in [0.25, 0.3) is 0 Å². The van der Waals surface area contributed by atoms with Gasteiger partial charge in [0.05, 0.1) is 21.8 Å². The summed E-state index contributed by atoms with van der Waals surface area (Å²) in [5.41, 5.74) is 2.76. The summed E-state index contributed by atoms with van der Waals surface area (Å²) in [4.78, 5) is 4.27. The molecule has 0 radical (unpaired) electrons. The highest BCUT2D eigenvalue weighted by Gasteiger charge is 2.13. The van der Waals surface area contributed by atoms with Crippen LogP contribution in [0.2, 0.25) is 5.02 Å². The maximum absolute atomic E-state index is 13.4. The molecule has 3 rings (SSSR count). The van der Waals surface area contributed by atoms with Crippen LogP contribution in [0.25, 0.3) is 10.9 Å². The minimum absolute atomic E-state index is 0.0232. The summed E-state index contributed by atoms with van der Waals surface area (Å²) in [7, 11) is 0. The number of nitrogens with one attached hydrogen (secondary N) is 1. The molecule has 1 N–H and O–H groups in total. The SMILES string of the molecule is Cc1cc2c(Nc3ccc(F)c(Cl)c3)c(C#N)cnc2cc1OCCF. The normalized spacial score (nSPS) is 10.6. The Morgan fingerprint density at radius 2 is 2.12 bits per heavy atom. The quantitative estimate of drug-likeness (QED) is 0.659. The molecule has 26 heavy (non-hydrogen) atoms. The first-order chi connectivity index (χ1) is 12.5. The van der Waals surface area contributed by atoms with Gasteiger partial charge in [-0.25, -0.2) is 8.78 Å². The Balaban J connectivity index is 2.11. The number of nitrogens with zero attached hydrogens (tertiary/aromatic N) is 2. The molecule has 0 saturated heterocycles. The standard InChI is InChI=1S/C19H14ClF2N3O/c1-11-6-14-17(8-18(11)26-5-4-21)24-10-12(9-23)19(14)25-13-2-3-16(22)15(20)7-13/h2-3,6-8,10H,4-5H2,1H3,(H,24,25). The van der Waals surface area contributed by atoms with Crippen LogP contribution in [-0.4, -0.2) is 18.3 Å². The number of benzene rings is 2. The fourth-order valence-electron chi connectivity index (χ4n) is 2.57. The first-order valence-electron chi connectivity index (χ1n) is 7.77. The smallest absolute Gasteiger partial charge is 0.141 e. The minimum atomic E-state index is -0.587. The molecule has 0 bridgehead atoms. The van der Waals surface area contributed by atoms with Crippen molar-refractivity contribution in [1.82, 2.24) is 4.98 Å². The lowest BCUT2D eigenvalue weighted by Crippen LogP contribution is -2.02. The zero-order valence-electron chi connectivity index (χ0n) is 13.8. The van der Waals surface area contributed by atoms with Crippen LogP contribution >= 0.6 is 11.6 Å². The fraction of sp³-hybridized carbons (Fsp3) is 0.158. The first-order valence-corrected chi connectivity index (χ1v) is 8.15. The third-order valence-corrected chi connectivity index (χ3v) is 4.10. The Morgan fingerprint density at radius 3 is 2.81 bits per heavy atom. The number of aryl methyl sites for hydroxylation is 1. The van der Waals surface area contributed by atoms with E-state index in [1.54, 1.807) is 6.07 Å². The van der Waals surface area contributed by atoms with Gasteiger partial charge in [0.1, 0.15) is 30.9 Å². The molecule has 0 atom stereocenters. The van der Waals surface area contributed by atoms with Gasteiger partial charge >= 0.3 is 0 Å². The number of fused-ring (bicyclic) bond motifs is 1. The molecule has 2 aromatic carbocycles. The molecule has 0 saturated carbocycles. The Hall–Kier alpha value is -2.91. The van der Waals surface area contributed by atoms with E-state index in [9.17, 15) is 14.0 Å². The van der Waals surface area contributed by atoms with Crippen LogP contribution in [0.5, 0.6) is 5.75 Å². The molecule has 7 heteroatoms. The van der Waals surface area contributed by atoms with Crippen molar-refractivity contribution in [3.05, 3.63) is 58.5 Å². The molecule has 0 amide bonds. The van der Waals surface area contributed by atoms with Crippen molar-refractivity contribution in [3.63, 3.8) is 0 Å². The number of alkyl halides is 1. The summed E-state index contributed by atoms with van der Waals surface area (Å²) in [6, 6.07) is 9.81. The van der Waals surface area contributed by atoms with Gasteiger partial charge in [-0.3, -0.25) is 4.98 Å². The van der Waals surface area contributed by atoms with Gasteiger partial charge in [-0.2, -0.15) is 5.26 Å². The molecule has 0 aliphatic heterocycles. The van der Waals surface area contributed by atoms with Gasteiger partial charge < -0.3 is 10.1 Å². The van der Waals surface area contributed by atoms with Crippen LogP contribution in [0.3, 0.4) is 0 Å². The topological polar surface area (TPSA) is 57.9 Å². The molecule has 0 fully saturated rings. The molecular weight excluding hydrogens is 360 g/mol. The van der Waals surface area contributed by atoms with E-state index >= 15 is 0 Å². The summed E-state index contributed by atoms with van der Waals surface area (Å²) in [6.45, 7) is 1.20. The molecule has 0 spiro atoms. The zero-order chi connectivity index (χ0) is 18.7. The summed E-state index contributed by atoms with van der Waals surface area (Å²) in [5.74, 6) is 0.00550. The molecule has 1 heterocycles. The van der Waals surface area contributed by atoms with E-state index < -0.39 is 12.5 Å². The summed E-state index contributed by atoms with van der Waals surface area (Å²) < 4.78 is 31.1. The van der Waals surface area contributed by atoms with Gasteiger partial charge in [-0.1, -0.05) is 11.6 Å². The van der Waals surface area contributed by atoms with Crippen molar-refractivity contribution in [2.75, 3.05) is 18.6 Å². The lowest BCUT2D eigenvalue weighted by molar-refractivity contribution is 0.272. The van der Waals surface area contributed by atoms with Crippen molar-refractivity contribution in [2.24, 2.45) is 0 Å². The van der Waals surface area contributed by atoms with Gasteiger partial charge in [0.2, 0.25) is 0 Å². The Bertz CT molecular complexity index is 1020. The van der Waals surface area contributed by atoms with Crippen molar-refractivity contribution < 1.29 is 13.5 Å². The predicted octanol–water partition coefficient (Wildman–Crippen LogP) is 5.30. The van der Waals surface area contributed by atoms with E-state index in [1.165, 1.54) is 24.4 Å². The maximum Gasteiger partial charge on any atom is 0.141 e. The fourth-order valence-corrected chi connectivity index (χ4v) is 2.75. The lowest BCUT2D eigenvalue weighted by atomic mass is 10.1. The summed E-state index contributed by atoms with van der Waals surface area (Å²) >= 11 is 5.83. The van der Waals surface area contributed by atoms with Crippen LogP contribution in [0, 0.1) is 24.1 Å². The van der Waals surface area contributed by atoms with Crippen molar-refractivity contribution in [3.8, 4) is 11.8 Å². The zero-order valence-corrected chi connectivity index (χ0v) is 14.6. The highest BCUT2D eigenvalue weighted by molar-refractivity contribution is 6.31. The number of rotatable bonds is 5. The summed E-state index contributed by atoms with van der Waals surface area (Å²) in [6.07, 6.45) is 1.43. The molecule has 0 aliphatic carbocycles. The highest BCUT2D eigenvalue weighted by atomic mass is 35.5. The number of nitriles is 1. The van der Waals surface area contributed by atoms with E-state index in [0.717, 1.165) is 5.56 Å². The molecule has 132 valence electrons. The predicted molar refractivity (Wildman–Crippen MR) is 97.4 cm³/mol. The number of pyridine rings is 1. The molecular formula is C19H14ClF2N3O. The van der Waals surface area contributed by atoms with Crippen LogP contribution in [0.1, 0.15) is 11.1 Å². The van der Waals surface area contributed by atoms with Crippen molar-refractivity contribution in [2.45, 2.75) is 6.92 Å². The number of aromatic nitrogens is 1. The third kappa shape index (κ3) is 3.53. The molecule has 3 aromatic rings. The number of hydrogen-bond acceptors (Lipinski definition) is 4. The van der Waals surface area contributed by atoms with Gasteiger partial charge in [-0.15, -0.1) is 0 Å². The van der Waals surface area contributed by atoms with Crippen LogP contribution in [0.15, 0.2) is 36.5 Å². The second-order valence-electron chi connectivity index (χ2n) is 5.58. The molecule has 0 aliphatic rings. The van der Waals surface area contributed by atoms with E-state index in [2.05, 4.69) is 16.4 Å². The van der Waals surface area contributed by atoms with Crippen molar-refractivity contribution >= 4 is 33.9 Å². The third-order valence-electron chi connectivity index (χ3n) is 3.81. The van der Waals surface area contributed by atoms with Crippen LogP contribution in [0.4, 0.5) is 20.2 Å². The number of anilines is 2. The van der Waals surface area contributed by atoms with E-state index in [1.807, 2.05) is 13.0 Å². The second kappa shape index (κ2) is 7.54. The monoisotopic (exact) mass is 373 g/mol. The lowest BCUT2D eigenvalue weighted by Gasteiger charge is -2.14. The van der Waals surface area contributed by atoms with Crippen LogP contribution < -0.4 is 10.1 Å². The van der Waals surface area contributed by atoms with E-state index in [4.69, 9.17) is 16.3 Å². The number of ether oxygens (including phenoxy) is 1. The first kappa shape index (κ1) is 17.9. The van der Waals surface area contributed by atoms with Gasteiger partial charge in [0.15, 0.2) is 0 Å².